The van der Waals surface area contributed by atoms with Crippen molar-refractivity contribution in [1.82, 2.24) is 0 Å². The van der Waals surface area contributed by atoms with Gasteiger partial charge >= 0.3 is 0 Å². The van der Waals surface area contributed by atoms with Gasteiger partial charge in [0.1, 0.15) is 11.5 Å². The smallest absolute Gasteiger partial charge is 0.261 e. The maximum absolute atomic E-state index is 12.2. The minimum Gasteiger partial charge on any atom is -0.508 e. The normalized spacial score (nSPS) is 11.1. The van der Waals surface area contributed by atoms with Gasteiger partial charge in [0.25, 0.3) is 10.0 Å². The Labute approximate surface area is 117 Å². The summed E-state index contributed by atoms with van der Waals surface area (Å²) in [7, 11) is -2.17. The van der Waals surface area contributed by atoms with Crippen LogP contribution >= 0.6 is 0 Å². The van der Waals surface area contributed by atoms with E-state index in [-0.39, 0.29) is 10.6 Å². The molecule has 0 atom stereocenters. The topological polar surface area (TPSA) is 75.6 Å². The molecule has 0 fully saturated rings. The third-order valence-corrected chi connectivity index (χ3v) is 4.23. The Morgan fingerprint density at radius 1 is 1.10 bits per heavy atom. The van der Waals surface area contributed by atoms with Crippen LogP contribution in [0.2, 0.25) is 0 Å². The highest BCUT2D eigenvalue weighted by Gasteiger charge is 2.14. The summed E-state index contributed by atoms with van der Waals surface area (Å²) in [6, 6.07) is 10.7. The number of benzene rings is 2. The van der Waals surface area contributed by atoms with Crippen molar-refractivity contribution in [1.29, 1.82) is 0 Å². The molecule has 0 aliphatic rings. The van der Waals surface area contributed by atoms with Crippen LogP contribution in [0.1, 0.15) is 5.56 Å². The van der Waals surface area contributed by atoms with E-state index in [9.17, 15) is 13.5 Å². The van der Waals surface area contributed by atoms with Gasteiger partial charge in [-0.1, -0.05) is 6.07 Å². The number of aryl methyl sites for hydroxylation is 1. The average Bonchev–Trinajstić information content (AvgIpc) is 2.43. The zero-order valence-electron chi connectivity index (χ0n) is 11.1. The first-order valence-electron chi connectivity index (χ1n) is 5.89. The number of aromatic hydroxyl groups is 1. The van der Waals surface area contributed by atoms with Crippen molar-refractivity contribution in [3.8, 4) is 11.5 Å². The van der Waals surface area contributed by atoms with Crippen LogP contribution < -0.4 is 9.46 Å². The van der Waals surface area contributed by atoms with Crippen LogP contribution in [0.15, 0.2) is 47.4 Å². The lowest BCUT2D eigenvalue weighted by Crippen LogP contribution is -2.12. The molecule has 20 heavy (non-hydrogen) atoms. The van der Waals surface area contributed by atoms with Gasteiger partial charge in [-0.15, -0.1) is 0 Å². The highest BCUT2D eigenvalue weighted by molar-refractivity contribution is 7.92. The molecule has 0 spiro atoms. The van der Waals surface area contributed by atoms with Crippen LogP contribution in [-0.4, -0.2) is 20.6 Å². The lowest BCUT2D eigenvalue weighted by atomic mass is 10.2. The van der Waals surface area contributed by atoms with Crippen LogP contribution in [0, 0.1) is 6.92 Å². The van der Waals surface area contributed by atoms with E-state index < -0.39 is 10.0 Å². The second-order valence-corrected chi connectivity index (χ2v) is 5.96. The summed E-state index contributed by atoms with van der Waals surface area (Å²) in [5.74, 6) is 0.622. The minimum atomic E-state index is -3.68. The van der Waals surface area contributed by atoms with Crippen molar-refractivity contribution in [2.45, 2.75) is 11.8 Å². The molecule has 6 heteroatoms. The zero-order chi connectivity index (χ0) is 14.8. The molecule has 5 nitrogen and oxygen atoms in total. The molecule has 2 rings (SSSR count). The van der Waals surface area contributed by atoms with E-state index in [0.717, 1.165) is 0 Å². The van der Waals surface area contributed by atoms with E-state index in [1.807, 2.05) is 0 Å². The maximum atomic E-state index is 12.2. The lowest BCUT2D eigenvalue weighted by Gasteiger charge is -2.09. The molecule has 2 N–H and O–H groups in total. The van der Waals surface area contributed by atoms with Crippen LogP contribution in [0.3, 0.4) is 0 Å². The molecule has 2 aromatic rings. The number of sulfonamides is 1. The Morgan fingerprint density at radius 2 is 1.75 bits per heavy atom. The Kier molecular flexibility index (Phi) is 3.85. The van der Waals surface area contributed by atoms with Crippen molar-refractivity contribution >= 4 is 15.7 Å². The van der Waals surface area contributed by atoms with Crippen molar-refractivity contribution in [2.24, 2.45) is 0 Å². The van der Waals surface area contributed by atoms with Gasteiger partial charge in [0.15, 0.2) is 0 Å². The number of phenolic OH excluding ortho intramolecular Hbond substituents is 1. The fourth-order valence-corrected chi connectivity index (χ4v) is 2.69. The number of ether oxygens (including phenoxy) is 1. The maximum Gasteiger partial charge on any atom is 0.261 e. The molecule has 0 aromatic heterocycles. The van der Waals surface area contributed by atoms with E-state index in [0.29, 0.717) is 17.0 Å². The fourth-order valence-electron chi connectivity index (χ4n) is 1.64. The van der Waals surface area contributed by atoms with E-state index in [1.165, 1.54) is 25.3 Å². The highest BCUT2D eigenvalue weighted by atomic mass is 32.2. The molecular formula is C14H15NO4S. The van der Waals surface area contributed by atoms with Crippen LogP contribution in [0.4, 0.5) is 5.69 Å². The van der Waals surface area contributed by atoms with Gasteiger partial charge in [-0.05, 0) is 42.8 Å². The van der Waals surface area contributed by atoms with E-state index in [2.05, 4.69) is 4.72 Å². The van der Waals surface area contributed by atoms with Crippen LogP contribution in [0.25, 0.3) is 0 Å². The molecule has 0 aliphatic heterocycles. The Morgan fingerprint density at radius 3 is 2.30 bits per heavy atom. The van der Waals surface area contributed by atoms with Crippen molar-refractivity contribution in [3.05, 3.63) is 48.0 Å². The predicted molar refractivity (Wildman–Crippen MR) is 76.6 cm³/mol. The predicted octanol–water partition coefficient (Wildman–Crippen LogP) is 2.51. The van der Waals surface area contributed by atoms with E-state index in [1.54, 1.807) is 31.2 Å². The number of anilines is 1. The lowest BCUT2D eigenvalue weighted by molar-refractivity contribution is 0.414. The number of nitrogens with one attached hydrogen (secondary N) is 1. The highest BCUT2D eigenvalue weighted by Crippen LogP contribution is 2.24. The second-order valence-electron chi connectivity index (χ2n) is 4.28. The van der Waals surface area contributed by atoms with Gasteiger partial charge in [-0.3, -0.25) is 4.72 Å². The summed E-state index contributed by atoms with van der Waals surface area (Å²) in [6.07, 6.45) is 0. The van der Waals surface area contributed by atoms with Gasteiger partial charge < -0.3 is 9.84 Å². The third-order valence-electron chi connectivity index (χ3n) is 2.83. The molecule has 0 unspecified atom stereocenters. The summed E-state index contributed by atoms with van der Waals surface area (Å²) in [5.41, 5.74) is 0.987. The summed E-state index contributed by atoms with van der Waals surface area (Å²) in [4.78, 5) is 0.123. The Hall–Kier alpha value is -2.21. The first-order chi connectivity index (χ1) is 9.42. The van der Waals surface area contributed by atoms with Crippen molar-refractivity contribution in [3.63, 3.8) is 0 Å². The Balaban J connectivity index is 2.27. The minimum absolute atomic E-state index is 0.0416. The molecule has 0 heterocycles. The first-order valence-corrected chi connectivity index (χ1v) is 7.37. The average molecular weight is 293 g/mol. The summed E-state index contributed by atoms with van der Waals surface area (Å²) in [6.45, 7) is 1.73. The molecule has 0 amide bonds. The van der Waals surface area contributed by atoms with E-state index >= 15 is 0 Å². The SMILES string of the molecule is COc1ccc(S(=O)(=O)Nc2ccc(C)c(O)c2)cc1. The van der Waals surface area contributed by atoms with Gasteiger partial charge in [-0.2, -0.15) is 0 Å². The number of hydrogen-bond acceptors (Lipinski definition) is 4. The quantitative estimate of drug-likeness (QED) is 0.908. The molecule has 0 saturated heterocycles. The Bertz CT molecular complexity index is 708. The van der Waals surface area contributed by atoms with Gasteiger partial charge in [0.05, 0.1) is 17.7 Å². The summed E-state index contributed by atoms with van der Waals surface area (Å²) in [5, 5.41) is 9.58. The summed E-state index contributed by atoms with van der Waals surface area (Å²) >= 11 is 0. The fraction of sp³-hybridized carbons (Fsp3) is 0.143. The molecule has 0 aliphatic carbocycles. The van der Waals surface area contributed by atoms with E-state index in [4.69, 9.17) is 4.74 Å². The second kappa shape index (κ2) is 5.42. The molecule has 0 saturated carbocycles. The number of hydrogen-bond donors (Lipinski definition) is 2. The van der Waals surface area contributed by atoms with Crippen LogP contribution in [-0.2, 0) is 10.0 Å². The number of phenols is 1. The number of methoxy groups -OCH3 is 1. The number of rotatable bonds is 4. The zero-order valence-corrected chi connectivity index (χ0v) is 11.9. The first kappa shape index (κ1) is 14.2. The molecular weight excluding hydrogens is 278 g/mol. The standard InChI is InChI=1S/C14H15NO4S/c1-10-3-4-11(9-14(10)16)15-20(17,18)13-7-5-12(19-2)6-8-13/h3-9,15-16H,1-2H3. The molecule has 2 aromatic carbocycles. The monoisotopic (exact) mass is 293 g/mol. The largest absolute Gasteiger partial charge is 0.508 e. The van der Waals surface area contributed by atoms with Gasteiger partial charge in [0.2, 0.25) is 0 Å². The van der Waals surface area contributed by atoms with Crippen molar-refractivity contribution < 1.29 is 18.3 Å². The molecule has 0 bridgehead atoms. The summed E-state index contributed by atoms with van der Waals surface area (Å²) < 4.78 is 31.7. The van der Waals surface area contributed by atoms with Crippen molar-refractivity contribution in [2.75, 3.05) is 11.8 Å². The van der Waals surface area contributed by atoms with Gasteiger partial charge in [0, 0.05) is 6.07 Å². The third kappa shape index (κ3) is 3.03. The van der Waals surface area contributed by atoms with Crippen LogP contribution in [0.5, 0.6) is 11.5 Å². The molecule has 106 valence electrons. The molecule has 0 radical (unpaired) electrons. The van der Waals surface area contributed by atoms with Gasteiger partial charge in [-0.25, -0.2) is 8.42 Å².